The first-order valence-corrected chi connectivity index (χ1v) is 10.9. The summed E-state index contributed by atoms with van der Waals surface area (Å²) in [5, 5.41) is 18.9. The van der Waals surface area contributed by atoms with E-state index in [0.29, 0.717) is 12.6 Å². The summed E-state index contributed by atoms with van der Waals surface area (Å²) >= 11 is 0. The second-order valence-corrected chi connectivity index (χ2v) is 8.22. The Bertz CT molecular complexity index is 1240. The molecule has 0 atom stereocenters. The fourth-order valence-electron chi connectivity index (χ4n) is 3.61. The topological polar surface area (TPSA) is 108 Å². The van der Waals surface area contributed by atoms with Crippen molar-refractivity contribution < 1.29 is 14.1 Å². The molecule has 5 rings (SSSR count). The van der Waals surface area contributed by atoms with Gasteiger partial charge in [0.25, 0.3) is 0 Å². The molecular weight excluding hydrogens is 420 g/mol. The minimum Gasteiger partial charge on any atom is -0.489 e. The predicted molar refractivity (Wildman–Crippen MR) is 121 cm³/mol. The van der Waals surface area contributed by atoms with Gasteiger partial charge in [0, 0.05) is 11.3 Å². The van der Waals surface area contributed by atoms with Crippen LogP contribution in [0.2, 0.25) is 0 Å². The number of nitrogens with one attached hydrogen (secondary N) is 1. The van der Waals surface area contributed by atoms with Crippen molar-refractivity contribution in [3.05, 3.63) is 71.1 Å². The number of amides is 1. The number of anilines is 1. The average Bonchev–Trinajstić information content (AvgIpc) is 3.46. The first-order chi connectivity index (χ1) is 16.1. The molecule has 1 fully saturated rings. The van der Waals surface area contributed by atoms with Gasteiger partial charge in [-0.2, -0.15) is 0 Å². The van der Waals surface area contributed by atoms with Gasteiger partial charge in [-0.25, -0.2) is 4.68 Å². The molecule has 0 aliphatic heterocycles. The molecule has 2 aromatic heterocycles. The molecule has 1 aliphatic rings. The largest absolute Gasteiger partial charge is 0.489 e. The highest BCUT2D eigenvalue weighted by Crippen LogP contribution is 2.36. The highest BCUT2D eigenvalue weighted by molar-refractivity contribution is 5.92. The van der Waals surface area contributed by atoms with Crippen LogP contribution in [-0.4, -0.2) is 31.3 Å². The molecule has 0 radical (unpaired) electrons. The van der Waals surface area contributed by atoms with Gasteiger partial charge in [-0.15, -0.1) is 5.10 Å². The minimum absolute atomic E-state index is 0.0880. The summed E-state index contributed by atoms with van der Waals surface area (Å²) in [4.78, 5) is 12.5. The number of hydrogen-bond donors (Lipinski definition) is 1. The van der Waals surface area contributed by atoms with Crippen molar-refractivity contribution in [2.75, 3.05) is 5.32 Å². The van der Waals surface area contributed by atoms with Crippen molar-refractivity contribution in [2.45, 2.75) is 45.8 Å². The van der Waals surface area contributed by atoms with Gasteiger partial charge in [0.1, 0.15) is 18.1 Å². The molecule has 33 heavy (non-hydrogen) atoms. The quantitative estimate of drug-likeness (QED) is 0.437. The molecule has 2 aromatic carbocycles. The van der Waals surface area contributed by atoms with Crippen LogP contribution in [0.4, 0.5) is 5.69 Å². The van der Waals surface area contributed by atoms with Gasteiger partial charge in [0.2, 0.25) is 5.91 Å². The number of benzene rings is 2. The third kappa shape index (κ3) is 4.77. The second kappa shape index (κ2) is 8.85. The van der Waals surface area contributed by atoms with Gasteiger partial charge in [-0.1, -0.05) is 17.3 Å². The number of aromatic nitrogens is 5. The van der Waals surface area contributed by atoms with Crippen molar-refractivity contribution in [3.8, 4) is 17.1 Å². The van der Waals surface area contributed by atoms with E-state index in [0.717, 1.165) is 58.2 Å². The van der Waals surface area contributed by atoms with E-state index in [-0.39, 0.29) is 12.3 Å². The third-order valence-corrected chi connectivity index (χ3v) is 5.66. The van der Waals surface area contributed by atoms with Crippen LogP contribution in [0.1, 0.15) is 41.5 Å². The van der Waals surface area contributed by atoms with Crippen LogP contribution in [0.5, 0.6) is 5.75 Å². The maximum Gasteiger partial charge on any atom is 0.228 e. The van der Waals surface area contributed by atoms with Crippen LogP contribution >= 0.6 is 0 Å². The first kappa shape index (κ1) is 20.9. The molecule has 9 heteroatoms. The van der Waals surface area contributed by atoms with Crippen LogP contribution < -0.4 is 10.1 Å². The Morgan fingerprint density at radius 2 is 1.88 bits per heavy atom. The monoisotopic (exact) mass is 444 g/mol. The van der Waals surface area contributed by atoms with Gasteiger partial charge in [-0.3, -0.25) is 4.79 Å². The zero-order valence-corrected chi connectivity index (χ0v) is 18.5. The average molecular weight is 444 g/mol. The number of hydrogen-bond acceptors (Lipinski definition) is 7. The molecule has 1 aliphatic carbocycles. The van der Waals surface area contributed by atoms with E-state index in [1.807, 2.05) is 67.1 Å². The van der Waals surface area contributed by atoms with Crippen LogP contribution in [0, 0.1) is 13.8 Å². The van der Waals surface area contributed by atoms with Gasteiger partial charge < -0.3 is 14.6 Å². The van der Waals surface area contributed by atoms with Crippen molar-refractivity contribution in [2.24, 2.45) is 0 Å². The molecule has 0 unspecified atom stereocenters. The molecule has 4 aromatic rings. The fourth-order valence-corrected chi connectivity index (χ4v) is 3.61. The molecule has 1 N–H and O–H groups in total. The molecule has 0 bridgehead atoms. The molecule has 9 nitrogen and oxygen atoms in total. The van der Waals surface area contributed by atoms with E-state index in [2.05, 4.69) is 26.0 Å². The number of carbonyl (C=O) groups excluding carboxylic acids is 1. The van der Waals surface area contributed by atoms with Crippen molar-refractivity contribution in [1.29, 1.82) is 0 Å². The number of aryl methyl sites for hydroxylation is 2. The van der Waals surface area contributed by atoms with Crippen molar-refractivity contribution in [3.63, 3.8) is 0 Å². The Morgan fingerprint density at radius 3 is 2.55 bits per heavy atom. The number of nitrogens with zero attached hydrogens (tertiary/aromatic N) is 5. The summed E-state index contributed by atoms with van der Waals surface area (Å²) in [7, 11) is 0. The van der Waals surface area contributed by atoms with Gasteiger partial charge >= 0.3 is 0 Å². The van der Waals surface area contributed by atoms with Gasteiger partial charge in [-0.05, 0) is 79.1 Å². The first-order valence-electron chi connectivity index (χ1n) is 10.9. The predicted octanol–water partition coefficient (Wildman–Crippen LogP) is 4.04. The summed E-state index contributed by atoms with van der Waals surface area (Å²) in [6.45, 7) is 4.15. The van der Waals surface area contributed by atoms with Crippen LogP contribution in [0.3, 0.4) is 0 Å². The summed E-state index contributed by atoms with van der Waals surface area (Å²) in [5.74, 6) is 2.15. The van der Waals surface area contributed by atoms with Crippen LogP contribution in [0.15, 0.2) is 53.1 Å². The van der Waals surface area contributed by atoms with Gasteiger partial charge in [0.15, 0.2) is 5.82 Å². The number of rotatable bonds is 8. The lowest BCUT2D eigenvalue weighted by Crippen LogP contribution is -2.14. The highest BCUT2D eigenvalue weighted by atomic mass is 16.5. The maximum absolute atomic E-state index is 12.5. The molecule has 2 heterocycles. The lowest BCUT2D eigenvalue weighted by atomic mass is 10.1. The fraction of sp³-hybridized carbons (Fsp3) is 0.292. The van der Waals surface area contributed by atoms with E-state index >= 15 is 0 Å². The molecular formula is C24H24N6O3. The maximum atomic E-state index is 12.5. The smallest absolute Gasteiger partial charge is 0.228 e. The number of carbonyl (C=O) groups is 1. The Hall–Kier alpha value is -4.01. The Labute approximate surface area is 190 Å². The SMILES string of the molecule is Cc1noc(C)c1COc1ccc(CC(=O)Nc2ccc(-c3nnnn3C3CC3)cc2)cc1. The molecule has 0 spiro atoms. The minimum atomic E-state index is -0.0880. The zero-order chi connectivity index (χ0) is 22.8. The standard InChI is InChI=1S/C24H24N6O3/c1-15-22(16(2)33-27-15)14-32-21-11-3-17(4-12-21)13-23(31)25-19-7-5-18(6-8-19)24-26-28-29-30(24)20-9-10-20/h3-8,11-12,20H,9-10,13-14H2,1-2H3,(H,25,31). The van der Waals surface area contributed by atoms with E-state index in [4.69, 9.17) is 9.26 Å². The van der Waals surface area contributed by atoms with Crippen molar-refractivity contribution >= 4 is 11.6 Å². The van der Waals surface area contributed by atoms with E-state index < -0.39 is 0 Å². The Balaban J connectivity index is 1.15. The van der Waals surface area contributed by atoms with Gasteiger partial charge in [0.05, 0.1) is 23.7 Å². The Morgan fingerprint density at radius 1 is 1.12 bits per heavy atom. The van der Waals surface area contributed by atoms with Crippen LogP contribution in [-0.2, 0) is 17.8 Å². The molecule has 168 valence electrons. The summed E-state index contributed by atoms with van der Waals surface area (Å²) in [5.41, 5.74) is 4.34. The second-order valence-electron chi connectivity index (χ2n) is 8.22. The van der Waals surface area contributed by atoms with Crippen molar-refractivity contribution in [1.82, 2.24) is 25.4 Å². The lowest BCUT2D eigenvalue weighted by molar-refractivity contribution is -0.115. The zero-order valence-electron chi connectivity index (χ0n) is 18.5. The van der Waals surface area contributed by atoms with Crippen LogP contribution in [0.25, 0.3) is 11.4 Å². The summed E-state index contributed by atoms with van der Waals surface area (Å²) in [6.07, 6.45) is 2.49. The van der Waals surface area contributed by atoms with E-state index in [9.17, 15) is 4.79 Å². The molecule has 1 amide bonds. The lowest BCUT2D eigenvalue weighted by Gasteiger charge is -2.09. The third-order valence-electron chi connectivity index (χ3n) is 5.66. The summed E-state index contributed by atoms with van der Waals surface area (Å²) < 4.78 is 12.8. The highest BCUT2D eigenvalue weighted by Gasteiger charge is 2.28. The molecule has 0 saturated heterocycles. The summed E-state index contributed by atoms with van der Waals surface area (Å²) in [6, 6.07) is 15.5. The Kier molecular flexibility index (Phi) is 5.60. The normalized spacial score (nSPS) is 13.2. The van der Waals surface area contributed by atoms with E-state index in [1.54, 1.807) is 0 Å². The number of tetrazole rings is 1. The van der Waals surface area contributed by atoms with E-state index in [1.165, 1.54) is 0 Å². The molecule has 1 saturated carbocycles. The number of ether oxygens (including phenoxy) is 1.